The molecule has 2 aromatic rings. The van der Waals surface area contributed by atoms with Crippen molar-refractivity contribution in [2.45, 2.75) is 25.8 Å². The largest absolute Gasteiger partial charge is 0.493 e. The van der Waals surface area contributed by atoms with Gasteiger partial charge in [0, 0.05) is 32.2 Å². The molecule has 2 aromatic carbocycles. The third-order valence-corrected chi connectivity index (χ3v) is 7.42. The third-order valence-electron chi connectivity index (χ3n) is 5.65. The Balaban J connectivity index is 1.28. The molecule has 1 heterocycles. The molecule has 0 bridgehead atoms. The van der Waals surface area contributed by atoms with Crippen molar-refractivity contribution in [1.82, 2.24) is 10.6 Å². The molecular weight excluding hydrogens is 412 g/mol. The number of anilines is 1. The van der Waals surface area contributed by atoms with Crippen molar-refractivity contribution < 1.29 is 13.2 Å². The lowest BCUT2D eigenvalue weighted by molar-refractivity contribution is 0.296. The molecule has 0 unspecified atom stereocenters. The Morgan fingerprint density at radius 2 is 1.90 bits per heavy atom. The lowest BCUT2D eigenvalue weighted by Crippen LogP contribution is -2.41. The number of rotatable bonds is 9. The van der Waals surface area contributed by atoms with E-state index in [1.54, 1.807) is 7.05 Å². The molecule has 7 nitrogen and oxygen atoms in total. The van der Waals surface area contributed by atoms with E-state index >= 15 is 0 Å². The van der Waals surface area contributed by atoms with Crippen LogP contribution in [0.15, 0.2) is 53.5 Å². The van der Waals surface area contributed by atoms with Gasteiger partial charge >= 0.3 is 0 Å². The molecule has 4 rings (SSSR count). The van der Waals surface area contributed by atoms with Crippen LogP contribution in [0.3, 0.4) is 0 Å². The van der Waals surface area contributed by atoms with Gasteiger partial charge in [-0.3, -0.25) is 9.30 Å². The molecule has 8 heteroatoms. The van der Waals surface area contributed by atoms with Gasteiger partial charge in [-0.05, 0) is 42.9 Å². The fraction of sp³-hybridized carbons (Fsp3) is 0.435. The van der Waals surface area contributed by atoms with Crippen molar-refractivity contribution in [2.75, 3.05) is 36.8 Å². The summed E-state index contributed by atoms with van der Waals surface area (Å²) in [6.07, 6.45) is 3.26. The number of benzene rings is 2. The van der Waals surface area contributed by atoms with Crippen LogP contribution in [-0.4, -0.2) is 46.9 Å². The summed E-state index contributed by atoms with van der Waals surface area (Å²) in [5, 5.41) is 6.37. The number of hydrogen-bond donors (Lipinski definition) is 2. The van der Waals surface area contributed by atoms with Crippen LogP contribution in [0.4, 0.5) is 5.69 Å². The standard InChI is InChI=1S/C23H30N4O3S/c1-24-23(26-16-20-7-3-5-9-22(20)30-17-18-10-11-18)25-13-15-31(28,29)27-14-12-19-6-2-4-8-21(19)27/h2-9,18H,10-17H2,1H3,(H2,24,25,26). The number of nitrogens with zero attached hydrogens (tertiary/aromatic N) is 2. The Labute approximate surface area is 184 Å². The van der Waals surface area contributed by atoms with Crippen molar-refractivity contribution in [3.05, 3.63) is 59.7 Å². The first kappa shape index (κ1) is 21.5. The zero-order valence-corrected chi connectivity index (χ0v) is 18.7. The molecule has 166 valence electrons. The summed E-state index contributed by atoms with van der Waals surface area (Å²) in [6, 6.07) is 15.6. The van der Waals surface area contributed by atoms with Crippen LogP contribution in [0.25, 0.3) is 0 Å². The van der Waals surface area contributed by atoms with Crippen LogP contribution in [0.5, 0.6) is 5.75 Å². The van der Waals surface area contributed by atoms with E-state index in [0.717, 1.165) is 35.6 Å². The number of ether oxygens (including phenoxy) is 1. The molecule has 0 aromatic heterocycles. The minimum atomic E-state index is -3.39. The fourth-order valence-electron chi connectivity index (χ4n) is 3.69. The fourth-order valence-corrected chi connectivity index (χ4v) is 5.12. The van der Waals surface area contributed by atoms with E-state index in [-0.39, 0.29) is 12.3 Å². The van der Waals surface area contributed by atoms with E-state index in [2.05, 4.69) is 15.6 Å². The second kappa shape index (κ2) is 9.60. The molecule has 0 saturated heterocycles. The first-order valence-electron chi connectivity index (χ1n) is 10.8. The van der Waals surface area contributed by atoms with Gasteiger partial charge in [-0.15, -0.1) is 0 Å². The minimum Gasteiger partial charge on any atom is -0.493 e. The van der Waals surface area contributed by atoms with Crippen LogP contribution in [-0.2, 0) is 23.0 Å². The van der Waals surface area contributed by atoms with E-state index in [4.69, 9.17) is 4.74 Å². The van der Waals surface area contributed by atoms with Crippen molar-refractivity contribution in [1.29, 1.82) is 0 Å². The highest BCUT2D eigenvalue weighted by Gasteiger charge is 2.28. The number of guanidine groups is 1. The maximum atomic E-state index is 12.8. The van der Waals surface area contributed by atoms with Gasteiger partial charge in [0.2, 0.25) is 10.0 Å². The molecule has 0 spiro atoms. The first-order valence-corrected chi connectivity index (χ1v) is 12.4. The zero-order valence-electron chi connectivity index (χ0n) is 17.9. The SMILES string of the molecule is CN=C(NCCS(=O)(=O)N1CCc2ccccc21)NCc1ccccc1OCC1CC1. The second-order valence-corrected chi connectivity index (χ2v) is 9.99. The van der Waals surface area contributed by atoms with E-state index in [9.17, 15) is 8.42 Å². The van der Waals surface area contributed by atoms with E-state index in [1.807, 2.05) is 48.5 Å². The predicted molar refractivity (Wildman–Crippen MR) is 124 cm³/mol. The molecule has 1 aliphatic carbocycles. The predicted octanol–water partition coefficient (Wildman–Crippen LogP) is 2.53. The topological polar surface area (TPSA) is 83.0 Å². The number of sulfonamides is 1. The lowest BCUT2D eigenvalue weighted by Gasteiger charge is -2.20. The van der Waals surface area contributed by atoms with Crippen molar-refractivity contribution >= 4 is 21.7 Å². The molecule has 1 aliphatic heterocycles. The van der Waals surface area contributed by atoms with E-state index in [1.165, 1.54) is 17.1 Å². The Kier molecular flexibility index (Phi) is 6.65. The quantitative estimate of drug-likeness (QED) is 0.461. The third kappa shape index (κ3) is 5.50. The second-order valence-electron chi connectivity index (χ2n) is 7.98. The van der Waals surface area contributed by atoms with E-state index in [0.29, 0.717) is 25.0 Å². The molecular formula is C23H30N4O3S. The summed E-state index contributed by atoms with van der Waals surface area (Å²) in [7, 11) is -1.72. The van der Waals surface area contributed by atoms with E-state index < -0.39 is 10.0 Å². The molecule has 31 heavy (non-hydrogen) atoms. The average molecular weight is 443 g/mol. The Bertz CT molecular complexity index is 1030. The monoisotopic (exact) mass is 442 g/mol. The van der Waals surface area contributed by atoms with Gasteiger partial charge in [0.1, 0.15) is 5.75 Å². The maximum absolute atomic E-state index is 12.8. The smallest absolute Gasteiger partial charge is 0.236 e. The minimum absolute atomic E-state index is 0.00310. The lowest BCUT2D eigenvalue weighted by atomic mass is 10.2. The molecule has 0 radical (unpaired) electrons. The number of nitrogens with one attached hydrogen (secondary N) is 2. The summed E-state index contributed by atoms with van der Waals surface area (Å²) >= 11 is 0. The van der Waals surface area contributed by atoms with Gasteiger partial charge in [0.05, 0.1) is 18.0 Å². The molecule has 1 saturated carbocycles. The zero-order chi connectivity index (χ0) is 21.7. The molecule has 0 atom stereocenters. The highest BCUT2D eigenvalue weighted by atomic mass is 32.2. The van der Waals surface area contributed by atoms with Crippen LogP contribution in [0.1, 0.15) is 24.0 Å². The highest BCUT2D eigenvalue weighted by Crippen LogP contribution is 2.31. The number of para-hydroxylation sites is 2. The first-order chi connectivity index (χ1) is 15.1. The summed E-state index contributed by atoms with van der Waals surface area (Å²) in [4.78, 5) is 4.22. The molecule has 0 amide bonds. The molecule has 2 aliphatic rings. The number of aliphatic imine (C=N–C) groups is 1. The summed E-state index contributed by atoms with van der Waals surface area (Å²) in [6.45, 7) is 2.10. The van der Waals surface area contributed by atoms with Crippen molar-refractivity contribution in [2.24, 2.45) is 10.9 Å². The van der Waals surface area contributed by atoms with Crippen LogP contribution in [0, 0.1) is 5.92 Å². The van der Waals surface area contributed by atoms with Crippen LogP contribution < -0.4 is 19.7 Å². The Morgan fingerprint density at radius 1 is 1.13 bits per heavy atom. The maximum Gasteiger partial charge on any atom is 0.236 e. The number of fused-ring (bicyclic) bond motifs is 1. The van der Waals surface area contributed by atoms with Gasteiger partial charge in [-0.25, -0.2) is 8.42 Å². The van der Waals surface area contributed by atoms with Crippen molar-refractivity contribution in [3.8, 4) is 5.75 Å². The molecule has 2 N–H and O–H groups in total. The Hall–Kier alpha value is -2.74. The normalized spacial score (nSPS) is 16.2. The average Bonchev–Trinajstić information content (AvgIpc) is 3.50. The van der Waals surface area contributed by atoms with Crippen LogP contribution in [0.2, 0.25) is 0 Å². The van der Waals surface area contributed by atoms with Gasteiger partial charge in [0.25, 0.3) is 0 Å². The number of hydrogen-bond acceptors (Lipinski definition) is 4. The summed E-state index contributed by atoms with van der Waals surface area (Å²) < 4.78 is 33.1. The highest BCUT2D eigenvalue weighted by molar-refractivity contribution is 7.92. The van der Waals surface area contributed by atoms with Gasteiger partial charge < -0.3 is 15.4 Å². The summed E-state index contributed by atoms with van der Waals surface area (Å²) in [5.74, 6) is 2.14. The van der Waals surface area contributed by atoms with Gasteiger partial charge in [-0.2, -0.15) is 0 Å². The van der Waals surface area contributed by atoms with Crippen molar-refractivity contribution in [3.63, 3.8) is 0 Å². The Morgan fingerprint density at radius 3 is 2.71 bits per heavy atom. The summed E-state index contributed by atoms with van der Waals surface area (Å²) in [5.41, 5.74) is 2.93. The van der Waals surface area contributed by atoms with Crippen LogP contribution >= 0.6 is 0 Å². The van der Waals surface area contributed by atoms with Gasteiger partial charge in [0.15, 0.2) is 5.96 Å². The molecule has 1 fully saturated rings. The van der Waals surface area contributed by atoms with Gasteiger partial charge in [-0.1, -0.05) is 36.4 Å².